The molecule has 1 heterocycles. The lowest BCUT2D eigenvalue weighted by Crippen LogP contribution is -2.49. The van der Waals surface area contributed by atoms with Gasteiger partial charge < -0.3 is 10.6 Å². The maximum Gasteiger partial charge on any atom is 0.406 e. The minimum atomic E-state index is -4.48. The zero-order valence-electron chi connectivity index (χ0n) is 14.1. The van der Waals surface area contributed by atoms with Gasteiger partial charge in [0.2, 0.25) is 11.8 Å². The molecule has 1 fully saturated rings. The summed E-state index contributed by atoms with van der Waals surface area (Å²) in [7, 11) is -1.64. The molecule has 0 aromatic heterocycles. The summed E-state index contributed by atoms with van der Waals surface area (Å²) in [6.07, 6.45) is 0. The molecule has 1 unspecified atom stereocenters. The van der Waals surface area contributed by atoms with E-state index in [2.05, 4.69) is 0 Å². The Morgan fingerprint density at radius 2 is 1.85 bits per heavy atom. The number of halogens is 4. The van der Waals surface area contributed by atoms with Crippen molar-refractivity contribution in [3.63, 3.8) is 0 Å². The van der Waals surface area contributed by atoms with Crippen LogP contribution in [0.15, 0.2) is 18.2 Å². The lowest BCUT2D eigenvalue weighted by Gasteiger charge is -2.35. The molecule has 2 rings (SSSR count). The van der Waals surface area contributed by atoms with Crippen LogP contribution in [0.5, 0.6) is 0 Å². The van der Waals surface area contributed by atoms with Crippen molar-refractivity contribution in [2.24, 2.45) is 5.73 Å². The number of rotatable bonds is 5. The number of hydrogen-bond donors (Lipinski definition) is 1. The summed E-state index contributed by atoms with van der Waals surface area (Å²) in [6, 6.07) is 3.33. The quantitative estimate of drug-likeness (QED) is 0.607. The van der Waals surface area contributed by atoms with Gasteiger partial charge in [-0.25, -0.2) is 4.39 Å². The van der Waals surface area contributed by atoms with Crippen LogP contribution < -0.4 is 11.0 Å². The Hall–Kier alpha value is -1.73. The number of alkyl halides is 3. The van der Waals surface area contributed by atoms with Gasteiger partial charge in [0.25, 0.3) is 0 Å². The van der Waals surface area contributed by atoms with Crippen molar-refractivity contribution in [3.05, 3.63) is 29.6 Å². The molecule has 0 aliphatic carbocycles. The number of piperazine rings is 1. The standard InChI is InChI=1S/C16H20F4N3O2P/c1-10(24)23-6-4-22(5-7-23)9-12(15(21)25)11-2-3-14(13(17)8-11)26-16(18,19)20/h2-3,8,12,26H,4-7,9H2,1H3,(H2,21,25)/t12-/m1/s1. The molecule has 0 bridgehead atoms. The highest BCUT2D eigenvalue weighted by atomic mass is 31.1. The van der Waals surface area contributed by atoms with Crippen LogP contribution in [0.3, 0.4) is 0 Å². The normalized spacial score (nSPS) is 17.7. The first-order valence-electron chi connectivity index (χ1n) is 7.98. The first-order valence-corrected chi connectivity index (χ1v) is 8.98. The van der Waals surface area contributed by atoms with E-state index >= 15 is 0 Å². The van der Waals surface area contributed by atoms with Crippen LogP contribution >= 0.6 is 8.58 Å². The average Bonchev–Trinajstić information content (AvgIpc) is 2.53. The molecule has 0 spiro atoms. The maximum atomic E-state index is 14.0. The van der Waals surface area contributed by atoms with Gasteiger partial charge in [-0.2, -0.15) is 13.2 Å². The van der Waals surface area contributed by atoms with E-state index in [-0.39, 0.29) is 18.0 Å². The van der Waals surface area contributed by atoms with Crippen LogP contribution in [0.2, 0.25) is 0 Å². The smallest absolute Gasteiger partial charge is 0.369 e. The average molecular weight is 393 g/mol. The number of hydrogen-bond acceptors (Lipinski definition) is 3. The zero-order valence-corrected chi connectivity index (χ0v) is 15.1. The molecule has 1 aromatic carbocycles. The van der Waals surface area contributed by atoms with Gasteiger partial charge >= 0.3 is 5.92 Å². The van der Waals surface area contributed by atoms with E-state index in [9.17, 15) is 27.2 Å². The molecule has 0 saturated carbocycles. The molecule has 144 valence electrons. The van der Waals surface area contributed by atoms with E-state index in [0.717, 1.165) is 12.1 Å². The van der Waals surface area contributed by atoms with Crippen LogP contribution in [0.25, 0.3) is 0 Å². The predicted octanol–water partition coefficient (Wildman–Crippen LogP) is 1.38. The van der Waals surface area contributed by atoms with Crippen molar-refractivity contribution in [1.29, 1.82) is 0 Å². The summed E-state index contributed by atoms with van der Waals surface area (Å²) < 4.78 is 51.3. The number of carbonyl (C=O) groups is 2. The molecule has 2 atom stereocenters. The number of amides is 2. The summed E-state index contributed by atoms with van der Waals surface area (Å²) in [5.41, 5.74) is 5.67. The largest absolute Gasteiger partial charge is 0.406 e. The van der Waals surface area contributed by atoms with Crippen LogP contribution in [-0.4, -0.2) is 60.3 Å². The fourth-order valence-electron chi connectivity index (χ4n) is 2.87. The fraction of sp³-hybridized carbons (Fsp3) is 0.500. The monoisotopic (exact) mass is 393 g/mol. The molecule has 1 aliphatic heterocycles. The van der Waals surface area contributed by atoms with Crippen molar-refractivity contribution in [2.75, 3.05) is 32.7 Å². The van der Waals surface area contributed by atoms with E-state index in [1.54, 1.807) is 4.90 Å². The van der Waals surface area contributed by atoms with E-state index in [1.807, 2.05) is 4.90 Å². The Morgan fingerprint density at radius 1 is 1.23 bits per heavy atom. The van der Waals surface area contributed by atoms with Crippen LogP contribution in [0, 0.1) is 5.82 Å². The van der Waals surface area contributed by atoms with Crippen molar-refractivity contribution in [1.82, 2.24) is 9.80 Å². The number of nitrogens with two attached hydrogens (primary N) is 1. The summed E-state index contributed by atoms with van der Waals surface area (Å²) in [6.45, 7) is 3.82. The molecule has 10 heteroatoms. The van der Waals surface area contributed by atoms with Gasteiger partial charge in [0.1, 0.15) is 5.82 Å². The highest BCUT2D eigenvalue weighted by Gasteiger charge is 2.30. The molecule has 1 saturated heterocycles. The first-order chi connectivity index (χ1) is 12.1. The second kappa shape index (κ2) is 8.31. The van der Waals surface area contributed by atoms with Crippen LogP contribution in [0.1, 0.15) is 18.4 Å². The molecule has 26 heavy (non-hydrogen) atoms. The molecule has 1 aromatic rings. The van der Waals surface area contributed by atoms with Gasteiger partial charge in [-0.05, 0) is 11.6 Å². The third-order valence-electron chi connectivity index (χ3n) is 4.27. The second-order valence-corrected chi connectivity index (χ2v) is 7.48. The summed E-state index contributed by atoms with van der Waals surface area (Å²) >= 11 is 0. The van der Waals surface area contributed by atoms with Crippen LogP contribution in [-0.2, 0) is 9.59 Å². The minimum absolute atomic E-state index is 0.0285. The first kappa shape index (κ1) is 20.6. The third kappa shape index (κ3) is 5.64. The van der Waals surface area contributed by atoms with Gasteiger partial charge in [-0.15, -0.1) is 0 Å². The van der Waals surface area contributed by atoms with E-state index in [0.29, 0.717) is 26.2 Å². The highest BCUT2D eigenvalue weighted by Crippen LogP contribution is 2.36. The number of nitrogens with zero attached hydrogens (tertiary/aromatic N) is 2. The van der Waals surface area contributed by atoms with Crippen LogP contribution in [0.4, 0.5) is 17.6 Å². The van der Waals surface area contributed by atoms with Gasteiger partial charge in [-0.1, -0.05) is 12.1 Å². The second-order valence-electron chi connectivity index (χ2n) is 6.12. The summed E-state index contributed by atoms with van der Waals surface area (Å²) in [5, 5.41) is -0.445. The Labute approximate surface area is 150 Å². The topological polar surface area (TPSA) is 66.6 Å². The van der Waals surface area contributed by atoms with Gasteiger partial charge in [-0.3, -0.25) is 14.5 Å². The molecular weight excluding hydrogens is 373 g/mol. The predicted molar refractivity (Wildman–Crippen MR) is 91.0 cm³/mol. The third-order valence-corrected chi connectivity index (χ3v) is 5.23. The lowest BCUT2D eigenvalue weighted by atomic mass is 9.97. The Balaban J connectivity index is 2.09. The number of benzene rings is 1. The van der Waals surface area contributed by atoms with Gasteiger partial charge in [0.15, 0.2) is 0 Å². The van der Waals surface area contributed by atoms with E-state index < -0.39 is 37.4 Å². The molecule has 1 aliphatic rings. The SMILES string of the molecule is CC(=O)N1CCN(C[C@@H](C(N)=O)c2ccc(PC(F)(F)F)c(F)c2)CC1. The molecule has 2 N–H and O–H groups in total. The maximum absolute atomic E-state index is 14.0. The van der Waals surface area contributed by atoms with Gasteiger partial charge in [0.05, 0.1) is 5.92 Å². The Kier molecular flexibility index (Phi) is 6.58. The van der Waals surface area contributed by atoms with E-state index in [4.69, 9.17) is 5.73 Å². The highest BCUT2D eigenvalue weighted by molar-refractivity contribution is 7.48. The van der Waals surface area contributed by atoms with Crippen molar-refractivity contribution in [3.8, 4) is 0 Å². The molecular formula is C16H20F4N3O2P. The van der Waals surface area contributed by atoms with Crippen molar-refractivity contribution >= 4 is 25.7 Å². The van der Waals surface area contributed by atoms with Crippen molar-refractivity contribution < 1.29 is 27.2 Å². The molecule has 5 nitrogen and oxygen atoms in total. The molecule has 0 radical (unpaired) electrons. The van der Waals surface area contributed by atoms with E-state index in [1.165, 1.54) is 13.0 Å². The minimum Gasteiger partial charge on any atom is -0.369 e. The van der Waals surface area contributed by atoms with Crippen molar-refractivity contribution in [2.45, 2.75) is 18.8 Å². The lowest BCUT2D eigenvalue weighted by molar-refractivity contribution is -0.131. The summed E-state index contributed by atoms with van der Waals surface area (Å²) in [4.78, 5) is 26.8. The Morgan fingerprint density at radius 3 is 2.31 bits per heavy atom. The zero-order chi connectivity index (χ0) is 19.5. The summed E-state index contributed by atoms with van der Waals surface area (Å²) in [5.74, 6) is -7.02. The number of carbonyl (C=O) groups excluding carboxylic acids is 2. The Bertz CT molecular complexity index is 676. The number of primary amides is 1. The fourth-order valence-corrected chi connectivity index (χ4v) is 3.53. The molecule has 2 amide bonds. The van der Waals surface area contributed by atoms with Gasteiger partial charge in [0, 0.05) is 53.5 Å².